The number of hydrogen-bond donors (Lipinski definition) is 2. The molecule has 0 amide bonds. The normalized spacial score (nSPS) is 27.2. The molecule has 3 rings (SSSR count). The number of nitrogens with zero attached hydrogens (tertiary/aromatic N) is 1. The van der Waals surface area contributed by atoms with Crippen molar-refractivity contribution in [1.82, 2.24) is 10.6 Å². The smallest absolute Gasteiger partial charge is 0.191 e. The predicted molar refractivity (Wildman–Crippen MR) is 128 cm³/mol. The fourth-order valence-corrected chi connectivity index (χ4v) is 5.17. The van der Waals surface area contributed by atoms with Gasteiger partial charge in [0, 0.05) is 58.1 Å². The molecule has 3 aliphatic rings. The van der Waals surface area contributed by atoms with E-state index < -0.39 is 0 Å². The molecule has 1 saturated heterocycles. The SMILES string of the molecule is CCOC1CC(NC(=NC)NCCCOCC2CCOCC2)C12CCCCC2.I. The second-order valence-corrected chi connectivity index (χ2v) is 8.65. The van der Waals surface area contributed by atoms with Crippen molar-refractivity contribution in [3.63, 3.8) is 0 Å². The highest BCUT2D eigenvalue weighted by Gasteiger charge is 2.55. The summed E-state index contributed by atoms with van der Waals surface area (Å²) >= 11 is 0. The maximum absolute atomic E-state index is 6.07. The summed E-state index contributed by atoms with van der Waals surface area (Å²) in [7, 11) is 1.86. The molecule has 2 unspecified atom stereocenters. The molecule has 2 aliphatic carbocycles. The molecule has 0 aromatic carbocycles. The minimum atomic E-state index is 0. The Bertz CT molecular complexity index is 480. The second-order valence-electron chi connectivity index (χ2n) is 8.65. The molecule has 0 aromatic rings. The number of nitrogens with one attached hydrogen (secondary N) is 2. The Kier molecular flexibility index (Phi) is 11.6. The molecule has 170 valence electrons. The predicted octanol–water partition coefficient (Wildman–Crippen LogP) is 3.73. The van der Waals surface area contributed by atoms with Crippen LogP contribution in [0.1, 0.15) is 64.7 Å². The van der Waals surface area contributed by atoms with Gasteiger partial charge in [-0.1, -0.05) is 19.3 Å². The summed E-state index contributed by atoms with van der Waals surface area (Å²) in [4.78, 5) is 4.45. The maximum Gasteiger partial charge on any atom is 0.191 e. The minimum Gasteiger partial charge on any atom is -0.381 e. The van der Waals surface area contributed by atoms with Crippen molar-refractivity contribution >= 4 is 29.9 Å². The third-order valence-electron chi connectivity index (χ3n) is 6.92. The lowest BCUT2D eigenvalue weighted by Gasteiger charge is -2.57. The number of ether oxygens (including phenoxy) is 3. The summed E-state index contributed by atoms with van der Waals surface area (Å²) in [5, 5.41) is 7.17. The van der Waals surface area contributed by atoms with Gasteiger partial charge < -0.3 is 24.8 Å². The summed E-state index contributed by atoms with van der Waals surface area (Å²) in [5.41, 5.74) is 0.318. The van der Waals surface area contributed by atoms with Gasteiger partial charge in [0.1, 0.15) is 0 Å². The first-order valence-electron chi connectivity index (χ1n) is 11.5. The topological polar surface area (TPSA) is 64.1 Å². The van der Waals surface area contributed by atoms with Crippen LogP contribution in [-0.4, -0.2) is 64.7 Å². The van der Waals surface area contributed by atoms with Crippen molar-refractivity contribution in [2.45, 2.75) is 76.9 Å². The first kappa shape index (κ1) is 25.1. The number of rotatable bonds is 9. The summed E-state index contributed by atoms with van der Waals surface area (Å²) in [6, 6.07) is 0.486. The number of halogens is 1. The monoisotopic (exact) mass is 523 g/mol. The quantitative estimate of drug-likeness (QED) is 0.209. The summed E-state index contributed by atoms with van der Waals surface area (Å²) in [6.07, 6.45) is 11.4. The second kappa shape index (κ2) is 13.3. The maximum atomic E-state index is 6.07. The van der Waals surface area contributed by atoms with E-state index in [0.717, 1.165) is 71.2 Å². The van der Waals surface area contributed by atoms with Gasteiger partial charge in [0.05, 0.1) is 6.10 Å². The van der Waals surface area contributed by atoms with E-state index in [9.17, 15) is 0 Å². The van der Waals surface area contributed by atoms with Gasteiger partial charge in [0.15, 0.2) is 5.96 Å². The third-order valence-corrected chi connectivity index (χ3v) is 6.92. The molecule has 3 fully saturated rings. The number of hydrogen-bond acceptors (Lipinski definition) is 4. The molecule has 2 atom stereocenters. The lowest BCUT2D eigenvalue weighted by molar-refractivity contribution is -0.145. The Morgan fingerprint density at radius 2 is 1.93 bits per heavy atom. The Morgan fingerprint density at radius 3 is 2.62 bits per heavy atom. The van der Waals surface area contributed by atoms with E-state index >= 15 is 0 Å². The van der Waals surface area contributed by atoms with Crippen molar-refractivity contribution in [1.29, 1.82) is 0 Å². The fourth-order valence-electron chi connectivity index (χ4n) is 5.17. The molecular weight excluding hydrogens is 481 g/mol. The summed E-state index contributed by atoms with van der Waals surface area (Å²) in [5.74, 6) is 1.61. The Hall–Kier alpha value is -0.120. The van der Waals surface area contributed by atoms with E-state index in [-0.39, 0.29) is 24.0 Å². The van der Waals surface area contributed by atoms with Crippen LogP contribution in [0, 0.1) is 11.3 Å². The van der Waals surface area contributed by atoms with Gasteiger partial charge in [-0.15, -0.1) is 24.0 Å². The van der Waals surface area contributed by atoms with Gasteiger partial charge in [0.25, 0.3) is 0 Å². The highest BCUT2D eigenvalue weighted by molar-refractivity contribution is 14.0. The molecular formula is C22H42IN3O3. The summed E-state index contributed by atoms with van der Waals surface area (Å²) in [6.45, 7) is 7.29. The molecule has 1 heterocycles. The molecule has 2 saturated carbocycles. The van der Waals surface area contributed by atoms with Crippen LogP contribution in [-0.2, 0) is 14.2 Å². The highest BCUT2D eigenvalue weighted by Crippen LogP contribution is 2.53. The molecule has 7 heteroatoms. The van der Waals surface area contributed by atoms with E-state index in [1.54, 1.807) is 0 Å². The Morgan fingerprint density at radius 1 is 1.17 bits per heavy atom. The van der Waals surface area contributed by atoms with Crippen molar-refractivity contribution in [2.75, 3.05) is 46.6 Å². The molecule has 1 aliphatic heterocycles. The minimum absolute atomic E-state index is 0. The van der Waals surface area contributed by atoms with Gasteiger partial charge in [-0.25, -0.2) is 0 Å². The summed E-state index contributed by atoms with van der Waals surface area (Å²) < 4.78 is 17.3. The van der Waals surface area contributed by atoms with Crippen LogP contribution >= 0.6 is 24.0 Å². The van der Waals surface area contributed by atoms with Crippen LogP contribution in [0.2, 0.25) is 0 Å². The van der Waals surface area contributed by atoms with Crippen molar-refractivity contribution < 1.29 is 14.2 Å². The molecule has 6 nitrogen and oxygen atoms in total. The Labute approximate surface area is 194 Å². The number of guanidine groups is 1. The van der Waals surface area contributed by atoms with E-state index in [4.69, 9.17) is 14.2 Å². The van der Waals surface area contributed by atoms with E-state index in [1.165, 1.54) is 32.1 Å². The molecule has 2 N–H and O–H groups in total. The third kappa shape index (κ3) is 6.94. The van der Waals surface area contributed by atoms with Gasteiger partial charge in [0.2, 0.25) is 0 Å². The Balaban J connectivity index is 0.00000300. The largest absolute Gasteiger partial charge is 0.381 e. The molecule has 1 spiro atoms. The van der Waals surface area contributed by atoms with Crippen LogP contribution in [0.4, 0.5) is 0 Å². The van der Waals surface area contributed by atoms with Crippen molar-refractivity contribution in [3.05, 3.63) is 0 Å². The van der Waals surface area contributed by atoms with Gasteiger partial charge >= 0.3 is 0 Å². The van der Waals surface area contributed by atoms with Gasteiger partial charge in [-0.2, -0.15) is 0 Å². The van der Waals surface area contributed by atoms with Crippen LogP contribution < -0.4 is 10.6 Å². The number of aliphatic imine (C=N–C) groups is 1. The molecule has 0 radical (unpaired) electrons. The van der Waals surface area contributed by atoms with Crippen LogP contribution in [0.15, 0.2) is 4.99 Å². The van der Waals surface area contributed by atoms with Crippen LogP contribution in [0.3, 0.4) is 0 Å². The van der Waals surface area contributed by atoms with Gasteiger partial charge in [-0.3, -0.25) is 4.99 Å². The zero-order valence-electron chi connectivity index (χ0n) is 18.4. The van der Waals surface area contributed by atoms with Crippen LogP contribution in [0.25, 0.3) is 0 Å². The van der Waals surface area contributed by atoms with Crippen molar-refractivity contribution in [2.24, 2.45) is 16.3 Å². The first-order valence-corrected chi connectivity index (χ1v) is 11.5. The molecule has 29 heavy (non-hydrogen) atoms. The fraction of sp³-hybridized carbons (Fsp3) is 0.955. The zero-order chi connectivity index (χ0) is 19.7. The average molecular weight is 524 g/mol. The average Bonchev–Trinajstić information content (AvgIpc) is 2.75. The molecule has 0 aromatic heterocycles. The standard InChI is InChI=1S/C22H41N3O3.HI/c1-3-28-20-16-19(22(20)10-5-4-6-11-22)25-21(23-2)24-12-7-13-27-17-18-8-14-26-15-9-18;/h18-20H,3-17H2,1-2H3,(H2,23,24,25);1H. The highest BCUT2D eigenvalue weighted by atomic mass is 127. The molecule has 0 bridgehead atoms. The van der Waals surface area contributed by atoms with Crippen molar-refractivity contribution in [3.8, 4) is 0 Å². The van der Waals surface area contributed by atoms with Gasteiger partial charge in [-0.05, 0) is 51.4 Å². The van der Waals surface area contributed by atoms with E-state index in [1.807, 2.05) is 7.05 Å². The van der Waals surface area contributed by atoms with Crippen LogP contribution in [0.5, 0.6) is 0 Å². The lowest BCUT2D eigenvalue weighted by atomic mass is 9.55. The lowest BCUT2D eigenvalue weighted by Crippen LogP contribution is -2.66. The zero-order valence-corrected chi connectivity index (χ0v) is 20.7. The van der Waals surface area contributed by atoms with E-state index in [0.29, 0.717) is 23.5 Å². The van der Waals surface area contributed by atoms with E-state index in [2.05, 4.69) is 22.5 Å². The first-order chi connectivity index (χ1) is 13.8.